The molecule has 12 rings (SSSR count). The molecule has 256 valence electrons. The van der Waals surface area contributed by atoms with Crippen molar-refractivity contribution in [1.82, 2.24) is 4.57 Å². The lowest BCUT2D eigenvalue weighted by molar-refractivity contribution is 1.21. The molecule has 0 fully saturated rings. The van der Waals surface area contributed by atoms with Crippen LogP contribution in [0.15, 0.2) is 194 Å². The SMILES string of the molecule is c1ccc(N(c2ccccc2)c2ccc(-c3ccc4ccc5c6c(ccc3c46)cc3c4ccccc4n(-c4cccc6c4sc4ccccc46)c35)cc2)cc1. The van der Waals surface area contributed by atoms with Crippen molar-refractivity contribution in [3.05, 3.63) is 194 Å². The lowest BCUT2D eigenvalue weighted by atomic mass is 9.89. The number of rotatable bonds is 5. The summed E-state index contributed by atoms with van der Waals surface area (Å²) in [5.41, 5.74) is 9.59. The quantitative estimate of drug-likeness (QED) is 0.161. The van der Waals surface area contributed by atoms with Gasteiger partial charge in [-0.15, -0.1) is 11.3 Å². The van der Waals surface area contributed by atoms with Gasteiger partial charge in [-0.2, -0.15) is 0 Å². The van der Waals surface area contributed by atoms with Crippen LogP contribution in [0.25, 0.3) is 91.1 Å². The number of para-hydroxylation sites is 3. The predicted molar refractivity (Wildman–Crippen MR) is 237 cm³/mol. The van der Waals surface area contributed by atoms with Crippen LogP contribution in [0.5, 0.6) is 0 Å². The topological polar surface area (TPSA) is 8.17 Å². The van der Waals surface area contributed by atoms with E-state index in [9.17, 15) is 0 Å². The maximum Gasteiger partial charge on any atom is 0.0641 e. The number of aromatic nitrogens is 1. The van der Waals surface area contributed by atoms with Gasteiger partial charge in [0.15, 0.2) is 0 Å². The van der Waals surface area contributed by atoms with E-state index >= 15 is 0 Å². The van der Waals surface area contributed by atoms with Gasteiger partial charge in [-0.05, 0) is 98.7 Å². The van der Waals surface area contributed by atoms with E-state index in [0.29, 0.717) is 0 Å². The number of hydrogen-bond donors (Lipinski definition) is 0. The minimum absolute atomic E-state index is 1.13. The van der Waals surface area contributed by atoms with Crippen LogP contribution in [-0.2, 0) is 0 Å². The zero-order chi connectivity index (χ0) is 36.0. The summed E-state index contributed by atoms with van der Waals surface area (Å²) < 4.78 is 5.18. The average molecular weight is 717 g/mol. The molecule has 0 saturated carbocycles. The van der Waals surface area contributed by atoms with Crippen LogP contribution in [0.2, 0.25) is 0 Å². The molecule has 3 heteroatoms. The lowest BCUT2D eigenvalue weighted by Crippen LogP contribution is -2.09. The molecule has 0 unspecified atom stereocenters. The molecular weight excluding hydrogens is 685 g/mol. The van der Waals surface area contributed by atoms with Crippen LogP contribution in [0.3, 0.4) is 0 Å². The van der Waals surface area contributed by atoms with E-state index in [4.69, 9.17) is 0 Å². The first-order valence-electron chi connectivity index (χ1n) is 18.9. The number of anilines is 3. The van der Waals surface area contributed by atoms with Crippen molar-refractivity contribution in [2.75, 3.05) is 4.90 Å². The second kappa shape index (κ2) is 11.8. The third-order valence-corrected chi connectivity index (χ3v) is 12.7. The molecule has 0 radical (unpaired) electrons. The molecule has 0 aliphatic heterocycles. The first kappa shape index (κ1) is 30.5. The summed E-state index contributed by atoms with van der Waals surface area (Å²) in [4.78, 5) is 2.32. The largest absolute Gasteiger partial charge is 0.311 e. The minimum Gasteiger partial charge on any atom is -0.311 e. The van der Waals surface area contributed by atoms with Crippen molar-refractivity contribution in [3.8, 4) is 16.8 Å². The highest BCUT2D eigenvalue weighted by Gasteiger charge is 2.22. The highest BCUT2D eigenvalue weighted by Crippen LogP contribution is 2.47. The molecule has 0 amide bonds. The van der Waals surface area contributed by atoms with Gasteiger partial charge in [-0.1, -0.05) is 133 Å². The Morgan fingerprint density at radius 3 is 1.82 bits per heavy atom. The fourth-order valence-electron chi connectivity index (χ4n) is 9.13. The Morgan fingerprint density at radius 1 is 0.400 bits per heavy atom. The van der Waals surface area contributed by atoms with Gasteiger partial charge in [0.25, 0.3) is 0 Å². The summed E-state index contributed by atoms with van der Waals surface area (Å²) in [6.07, 6.45) is 0. The number of benzene rings is 10. The van der Waals surface area contributed by atoms with Crippen molar-refractivity contribution < 1.29 is 0 Å². The Bertz CT molecular complexity index is 3370. The summed E-state index contributed by atoms with van der Waals surface area (Å²) >= 11 is 1.89. The summed E-state index contributed by atoms with van der Waals surface area (Å²) in [6.45, 7) is 0. The van der Waals surface area contributed by atoms with Crippen molar-refractivity contribution in [2.24, 2.45) is 0 Å². The van der Waals surface area contributed by atoms with E-state index in [1.54, 1.807) is 0 Å². The van der Waals surface area contributed by atoms with E-state index in [1.807, 2.05) is 11.3 Å². The van der Waals surface area contributed by atoms with E-state index < -0.39 is 0 Å². The molecule has 2 heterocycles. The van der Waals surface area contributed by atoms with Gasteiger partial charge < -0.3 is 9.47 Å². The van der Waals surface area contributed by atoms with Crippen molar-refractivity contribution in [1.29, 1.82) is 0 Å². The Labute approximate surface area is 321 Å². The molecule has 55 heavy (non-hydrogen) atoms. The maximum absolute atomic E-state index is 2.54. The molecule has 2 aromatic heterocycles. The number of fused-ring (bicyclic) bond motifs is 7. The van der Waals surface area contributed by atoms with Crippen LogP contribution in [-0.4, -0.2) is 4.57 Å². The van der Waals surface area contributed by atoms with E-state index in [-0.39, 0.29) is 0 Å². The average Bonchev–Trinajstić information content (AvgIpc) is 3.80. The summed E-state index contributed by atoms with van der Waals surface area (Å²) in [7, 11) is 0. The standard InChI is InChI=1S/C52H32N2S/c1-3-12-36(13-4-1)53(37-14-5-2-6-15-37)38-27-22-33(23-28-38)39-29-24-34-25-31-44-50-35(26-30-42(39)49(34)50)32-45-40-16-7-9-19-46(40)54(51(44)45)47-20-11-18-43-41-17-8-10-21-48(41)55-52(43)47/h1-32H. The Morgan fingerprint density at radius 2 is 1.02 bits per heavy atom. The predicted octanol–water partition coefficient (Wildman–Crippen LogP) is 15.2. The van der Waals surface area contributed by atoms with Gasteiger partial charge in [0, 0.05) is 48.7 Å². The lowest BCUT2D eigenvalue weighted by Gasteiger charge is -2.25. The van der Waals surface area contributed by atoms with Crippen LogP contribution < -0.4 is 4.90 Å². The molecule has 12 aromatic rings. The third kappa shape index (κ3) is 4.48. The van der Waals surface area contributed by atoms with Crippen LogP contribution in [0, 0.1) is 0 Å². The molecule has 10 aromatic carbocycles. The molecule has 0 N–H and O–H groups in total. The van der Waals surface area contributed by atoms with Gasteiger partial charge >= 0.3 is 0 Å². The van der Waals surface area contributed by atoms with Crippen molar-refractivity contribution in [2.45, 2.75) is 0 Å². The second-order valence-corrected chi connectivity index (χ2v) is 15.5. The first-order chi connectivity index (χ1) is 27.3. The van der Waals surface area contributed by atoms with Gasteiger partial charge in [0.2, 0.25) is 0 Å². The Kier molecular flexibility index (Phi) is 6.54. The van der Waals surface area contributed by atoms with Crippen LogP contribution in [0.1, 0.15) is 0 Å². The van der Waals surface area contributed by atoms with Crippen molar-refractivity contribution in [3.63, 3.8) is 0 Å². The zero-order valence-corrected chi connectivity index (χ0v) is 30.6. The molecule has 0 spiro atoms. The van der Waals surface area contributed by atoms with Crippen molar-refractivity contribution >= 4 is 103 Å². The normalized spacial score (nSPS) is 12.0. The number of nitrogens with zero attached hydrogens (tertiary/aromatic N) is 2. The number of hydrogen-bond acceptors (Lipinski definition) is 2. The summed E-state index contributed by atoms with van der Waals surface area (Å²) in [5.74, 6) is 0. The van der Waals surface area contributed by atoms with Gasteiger partial charge in [0.1, 0.15) is 0 Å². The van der Waals surface area contributed by atoms with Gasteiger partial charge in [0.05, 0.1) is 21.4 Å². The Hall–Kier alpha value is -6.94. The first-order valence-corrected chi connectivity index (χ1v) is 19.7. The number of thiophene rings is 1. The van der Waals surface area contributed by atoms with E-state index in [0.717, 1.165) is 17.1 Å². The molecule has 0 saturated heterocycles. The summed E-state index contributed by atoms with van der Waals surface area (Å²) in [6, 6.07) is 71.2. The Balaban J connectivity index is 1.09. The molecule has 0 bridgehead atoms. The van der Waals surface area contributed by atoms with Gasteiger partial charge in [-0.25, -0.2) is 0 Å². The van der Waals surface area contributed by atoms with Crippen LogP contribution >= 0.6 is 11.3 Å². The third-order valence-electron chi connectivity index (χ3n) is 11.5. The molecule has 2 nitrogen and oxygen atoms in total. The fourth-order valence-corrected chi connectivity index (χ4v) is 10.3. The van der Waals surface area contributed by atoms with Gasteiger partial charge in [-0.3, -0.25) is 0 Å². The fraction of sp³-hybridized carbons (Fsp3) is 0. The molecule has 0 aliphatic carbocycles. The smallest absolute Gasteiger partial charge is 0.0641 e. The minimum atomic E-state index is 1.13. The highest BCUT2D eigenvalue weighted by molar-refractivity contribution is 7.26. The maximum atomic E-state index is 2.54. The zero-order valence-electron chi connectivity index (χ0n) is 29.8. The van der Waals surface area contributed by atoms with Crippen LogP contribution in [0.4, 0.5) is 17.1 Å². The molecular formula is C52H32N2S. The van der Waals surface area contributed by atoms with E-state index in [2.05, 4.69) is 204 Å². The highest BCUT2D eigenvalue weighted by atomic mass is 32.1. The molecule has 0 aliphatic rings. The second-order valence-electron chi connectivity index (χ2n) is 14.5. The summed E-state index contributed by atoms with van der Waals surface area (Å²) in [5, 5.41) is 13.0. The van der Waals surface area contributed by atoms with E-state index in [1.165, 1.54) is 91.1 Å². The molecule has 0 atom stereocenters. The monoisotopic (exact) mass is 716 g/mol.